The summed E-state index contributed by atoms with van der Waals surface area (Å²) < 4.78 is 6.39. The van der Waals surface area contributed by atoms with Gasteiger partial charge in [0.2, 0.25) is 0 Å². The molecule has 0 bridgehead atoms. The van der Waals surface area contributed by atoms with Gasteiger partial charge in [-0.25, -0.2) is 15.0 Å². The lowest BCUT2D eigenvalue weighted by atomic mass is 9.75. The van der Waals surface area contributed by atoms with Crippen molar-refractivity contribution in [2.45, 2.75) is 19.3 Å². The standard InChI is InChI=1S/C45H30N4O/c1-45(2)38-22-20-33(26-41(38)50-40-23-12-28(27-46)24-39(40)45)29-13-16-32(17-14-29)43-47-42(31-9-4-3-5-10-31)48-44(49-43)35-19-21-37-34(25-35)18-15-30-8-6-7-11-36(30)37/h3-26H,1-2H3. The highest BCUT2D eigenvalue weighted by Gasteiger charge is 2.34. The average molecular weight is 643 g/mol. The minimum Gasteiger partial charge on any atom is -0.457 e. The number of aromatic nitrogens is 3. The van der Waals surface area contributed by atoms with Crippen molar-refractivity contribution in [3.8, 4) is 62.9 Å². The maximum atomic E-state index is 9.45. The van der Waals surface area contributed by atoms with Crippen LogP contribution in [-0.2, 0) is 5.41 Å². The van der Waals surface area contributed by atoms with E-state index in [9.17, 15) is 5.26 Å². The molecule has 0 saturated carbocycles. The normalized spacial score (nSPS) is 12.9. The lowest BCUT2D eigenvalue weighted by Crippen LogP contribution is -2.24. The molecule has 1 aliphatic heterocycles. The van der Waals surface area contributed by atoms with Gasteiger partial charge in [-0.05, 0) is 63.0 Å². The van der Waals surface area contributed by atoms with Crippen molar-refractivity contribution in [2.24, 2.45) is 0 Å². The summed E-state index contributed by atoms with van der Waals surface area (Å²) in [5.74, 6) is 3.48. The maximum Gasteiger partial charge on any atom is 0.164 e. The van der Waals surface area contributed by atoms with E-state index in [2.05, 4.69) is 117 Å². The summed E-state index contributed by atoms with van der Waals surface area (Å²) in [4.78, 5) is 14.9. The Labute approximate surface area is 290 Å². The fourth-order valence-electron chi connectivity index (χ4n) is 7.06. The molecule has 0 saturated heterocycles. The molecule has 5 heteroatoms. The molecule has 9 rings (SSSR count). The van der Waals surface area contributed by atoms with E-state index in [1.54, 1.807) is 6.07 Å². The number of hydrogen-bond acceptors (Lipinski definition) is 5. The summed E-state index contributed by atoms with van der Waals surface area (Å²) in [5.41, 5.74) is 7.32. The summed E-state index contributed by atoms with van der Waals surface area (Å²) in [5, 5.41) is 14.2. The van der Waals surface area contributed by atoms with Gasteiger partial charge < -0.3 is 4.74 Å². The van der Waals surface area contributed by atoms with Crippen LogP contribution in [0.1, 0.15) is 30.5 Å². The Morgan fingerprint density at radius 2 is 1.10 bits per heavy atom. The summed E-state index contributed by atoms with van der Waals surface area (Å²) in [6, 6.07) is 51.9. The molecule has 0 unspecified atom stereocenters. The van der Waals surface area contributed by atoms with Crippen molar-refractivity contribution in [3.05, 3.63) is 162 Å². The molecule has 50 heavy (non-hydrogen) atoms. The highest BCUT2D eigenvalue weighted by molar-refractivity contribution is 6.08. The molecule has 1 aliphatic rings. The third kappa shape index (κ3) is 4.98. The smallest absolute Gasteiger partial charge is 0.164 e. The molecule has 0 atom stereocenters. The number of nitriles is 1. The third-order valence-electron chi connectivity index (χ3n) is 9.80. The third-order valence-corrected chi connectivity index (χ3v) is 9.80. The van der Waals surface area contributed by atoms with Crippen LogP contribution >= 0.6 is 0 Å². The van der Waals surface area contributed by atoms with E-state index < -0.39 is 0 Å². The van der Waals surface area contributed by atoms with E-state index in [1.165, 1.54) is 16.2 Å². The van der Waals surface area contributed by atoms with Crippen LogP contribution in [0.4, 0.5) is 0 Å². The Hall–Kier alpha value is -6.64. The number of rotatable bonds is 4. The summed E-state index contributed by atoms with van der Waals surface area (Å²) in [6.07, 6.45) is 0. The SMILES string of the molecule is CC1(C)c2ccc(-c3ccc(-c4nc(-c5ccccc5)nc(-c5ccc6c(ccc7ccccc76)c5)n4)cc3)cc2Oc2ccc(C#N)cc21. The van der Waals surface area contributed by atoms with Gasteiger partial charge in [0, 0.05) is 33.2 Å². The Morgan fingerprint density at radius 1 is 0.480 bits per heavy atom. The fraction of sp³-hybridized carbons (Fsp3) is 0.0667. The molecule has 7 aromatic carbocycles. The van der Waals surface area contributed by atoms with Crippen LogP contribution in [0, 0.1) is 11.3 Å². The molecule has 0 amide bonds. The second kappa shape index (κ2) is 11.5. The number of hydrogen-bond donors (Lipinski definition) is 0. The van der Waals surface area contributed by atoms with Crippen molar-refractivity contribution in [1.29, 1.82) is 5.26 Å². The molecule has 0 radical (unpaired) electrons. The molecule has 236 valence electrons. The van der Waals surface area contributed by atoms with Crippen LogP contribution in [0.5, 0.6) is 11.5 Å². The summed E-state index contributed by atoms with van der Waals surface area (Å²) in [7, 11) is 0. The molecule has 0 aliphatic carbocycles. The predicted octanol–water partition coefficient (Wildman–Crippen LogP) is 11.1. The van der Waals surface area contributed by atoms with Crippen LogP contribution in [0.3, 0.4) is 0 Å². The predicted molar refractivity (Wildman–Crippen MR) is 200 cm³/mol. The first-order valence-corrected chi connectivity index (χ1v) is 16.7. The first-order chi connectivity index (χ1) is 24.4. The zero-order valence-corrected chi connectivity index (χ0v) is 27.6. The molecule has 5 nitrogen and oxygen atoms in total. The van der Waals surface area contributed by atoms with Crippen molar-refractivity contribution in [2.75, 3.05) is 0 Å². The van der Waals surface area contributed by atoms with Crippen LogP contribution < -0.4 is 4.74 Å². The molecular formula is C45H30N4O. The zero-order chi connectivity index (χ0) is 33.8. The highest BCUT2D eigenvalue weighted by Crippen LogP contribution is 2.49. The Balaban J connectivity index is 1.09. The fourth-order valence-corrected chi connectivity index (χ4v) is 7.06. The van der Waals surface area contributed by atoms with Crippen LogP contribution in [0.2, 0.25) is 0 Å². The molecular weight excluding hydrogens is 613 g/mol. The first kappa shape index (κ1) is 29.5. The van der Waals surface area contributed by atoms with Gasteiger partial charge in [-0.1, -0.05) is 129 Å². The molecule has 0 spiro atoms. The largest absolute Gasteiger partial charge is 0.457 e. The average Bonchev–Trinajstić information content (AvgIpc) is 3.17. The van der Waals surface area contributed by atoms with Crippen molar-refractivity contribution >= 4 is 21.5 Å². The topological polar surface area (TPSA) is 71.7 Å². The van der Waals surface area contributed by atoms with Gasteiger partial charge >= 0.3 is 0 Å². The molecule has 1 aromatic heterocycles. The van der Waals surface area contributed by atoms with E-state index >= 15 is 0 Å². The van der Waals surface area contributed by atoms with Crippen molar-refractivity contribution < 1.29 is 4.74 Å². The van der Waals surface area contributed by atoms with Gasteiger partial charge in [-0.15, -0.1) is 0 Å². The Kier molecular flexibility index (Phi) is 6.79. The molecule has 2 heterocycles. The number of benzene rings is 7. The van der Waals surface area contributed by atoms with E-state index in [1.807, 2.05) is 42.5 Å². The second-order valence-electron chi connectivity index (χ2n) is 13.2. The van der Waals surface area contributed by atoms with Gasteiger partial charge in [0.25, 0.3) is 0 Å². The lowest BCUT2D eigenvalue weighted by Gasteiger charge is -2.34. The number of fused-ring (bicyclic) bond motifs is 5. The minimum absolute atomic E-state index is 0.302. The van der Waals surface area contributed by atoms with Gasteiger partial charge in [-0.2, -0.15) is 5.26 Å². The van der Waals surface area contributed by atoms with E-state index in [-0.39, 0.29) is 5.41 Å². The lowest BCUT2D eigenvalue weighted by molar-refractivity contribution is 0.418. The van der Waals surface area contributed by atoms with Crippen LogP contribution in [0.15, 0.2) is 146 Å². The van der Waals surface area contributed by atoms with Gasteiger partial charge in [0.05, 0.1) is 11.6 Å². The van der Waals surface area contributed by atoms with Crippen LogP contribution in [-0.4, -0.2) is 15.0 Å². The van der Waals surface area contributed by atoms with Gasteiger partial charge in [0.15, 0.2) is 17.5 Å². The van der Waals surface area contributed by atoms with Gasteiger partial charge in [0.1, 0.15) is 11.5 Å². The number of nitrogens with zero attached hydrogens (tertiary/aromatic N) is 4. The van der Waals surface area contributed by atoms with E-state index in [4.69, 9.17) is 19.7 Å². The quantitative estimate of drug-likeness (QED) is 0.179. The van der Waals surface area contributed by atoms with Crippen LogP contribution in [0.25, 0.3) is 66.8 Å². The van der Waals surface area contributed by atoms with Crippen molar-refractivity contribution in [1.82, 2.24) is 15.0 Å². The Bertz CT molecular complexity index is 2660. The maximum absolute atomic E-state index is 9.45. The molecule has 8 aromatic rings. The summed E-state index contributed by atoms with van der Waals surface area (Å²) >= 11 is 0. The molecule has 0 fully saturated rings. The number of ether oxygens (including phenoxy) is 1. The summed E-state index contributed by atoms with van der Waals surface area (Å²) in [6.45, 7) is 4.35. The van der Waals surface area contributed by atoms with E-state index in [0.29, 0.717) is 23.0 Å². The minimum atomic E-state index is -0.302. The Morgan fingerprint density at radius 3 is 1.88 bits per heavy atom. The highest BCUT2D eigenvalue weighted by atomic mass is 16.5. The van der Waals surface area contributed by atoms with Gasteiger partial charge in [-0.3, -0.25) is 0 Å². The monoisotopic (exact) mass is 642 g/mol. The van der Waals surface area contributed by atoms with E-state index in [0.717, 1.165) is 55.8 Å². The second-order valence-corrected chi connectivity index (χ2v) is 13.2. The van der Waals surface area contributed by atoms with Crippen molar-refractivity contribution in [3.63, 3.8) is 0 Å². The zero-order valence-electron chi connectivity index (χ0n) is 27.6. The molecule has 0 N–H and O–H groups in total. The first-order valence-electron chi connectivity index (χ1n) is 16.7.